The molecule has 0 spiro atoms. The number of aryl methyl sites for hydroxylation is 2. The zero-order chi connectivity index (χ0) is 20.3. The summed E-state index contributed by atoms with van der Waals surface area (Å²) in [5.74, 6) is -0.294. The van der Waals surface area contributed by atoms with Crippen LogP contribution >= 0.6 is 0 Å². The van der Waals surface area contributed by atoms with Gasteiger partial charge in [-0.25, -0.2) is 9.97 Å². The second-order valence-electron chi connectivity index (χ2n) is 6.33. The lowest BCUT2D eigenvalue weighted by molar-refractivity contribution is -0.137. The summed E-state index contributed by atoms with van der Waals surface area (Å²) >= 11 is 0. The van der Waals surface area contributed by atoms with Gasteiger partial charge < -0.3 is 10.6 Å². The van der Waals surface area contributed by atoms with Crippen LogP contribution in [0.2, 0.25) is 0 Å². The average molecular weight is 386 g/mol. The molecule has 1 aromatic heterocycles. The van der Waals surface area contributed by atoms with Gasteiger partial charge in [-0.3, -0.25) is 4.79 Å². The molecule has 8 heteroatoms. The highest BCUT2D eigenvalue weighted by atomic mass is 19.4. The van der Waals surface area contributed by atoms with E-state index in [2.05, 4.69) is 20.6 Å². The molecule has 0 aliphatic carbocycles. The van der Waals surface area contributed by atoms with Gasteiger partial charge in [0.25, 0.3) is 5.91 Å². The Kier molecular flexibility index (Phi) is 5.30. The zero-order valence-electron chi connectivity index (χ0n) is 15.1. The number of hydrogen-bond donors (Lipinski definition) is 2. The normalized spacial score (nSPS) is 11.2. The zero-order valence-corrected chi connectivity index (χ0v) is 15.1. The molecule has 0 bridgehead atoms. The van der Waals surface area contributed by atoms with Crippen molar-refractivity contribution in [2.75, 3.05) is 10.6 Å². The minimum absolute atomic E-state index is 0.0391. The first kappa shape index (κ1) is 19.3. The number of nitrogens with one attached hydrogen (secondary N) is 2. The van der Waals surface area contributed by atoms with Crippen LogP contribution in [0.5, 0.6) is 0 Å². The summed E-state index contributed by atoms with van der Waals surface area (Å²) in [6, 6.07) is 10.3. The van der Waals surface area contributed by atoms with E-state index in [1.54, 1.807) is 0 Å². The maximum atomic E-state index is 12.8. The van der Waals surface area contributed by atoms with Crippen LogP contribution in [-0.4, -0.2) is 15.9 Å². The van der Waals surface area contributed by atoms with Crippen molar-refractivity contribution in [3.05, 3.63) is 77.1 Å². The highest BCUT2D eigenvalue weighted by molar-refractivity contribution is 6.03. The van der Waals surface area contributed by atoms with Gasteiger partial charge in [-0.1, -0.05) is 12.1 Å². The molecule has 0 atom stereocenters. The largest absolute Gasteiger partial charge is 0.416 e. The molecule has 2 aromatic carbocycles. The second kappa shape index (κ2) is 7.67. The number of halogens is 3. The van der Waals surface area contributed by atoms with Gasteiger partial charge in [0.1, 0.15) is 0 Å². The second-order valence-corrected chi connectivity index (χ2v) is 6.33. The SMILES string of the molecule is Cc1cc(C)cc(Nc2ncc(C(=O)Nc3cccc(C(F)(F)F)c3)cn2)c1. The van der Waals surface area contributed by atoms with E-state index in [9.17, 15) is 18.0 Å². The van der Waals surface area contributed by atoms with Gasteiger partial charge in [0.05, 0.1) is 11.1 Å². The fourth-order valence-electron chi connectivity index (χ4n) is 2.66. The van der Waals surface area contributed by atoms with Crippen molar-refractivity contribution in [1.29, 1.82) is 0 Å². The number of nitrogens with zero attached hydrogens (tertiary/aromatic N) is 2. The topological polar surface area (TPSA) is 66.9 Å². The van der Waals surface area contributed by atoms with Crippen LogP contribution in [0.4, 0.5) is 30.5 Å². The maximum absolute atomic E-state index is 12.8. The van der Waals surface area contributed by atoms with Gasteiger partial charge in [-0.15, -0.1) is 0 Å². The van der Waals surface area contributed by atoms with E-state index in [4.69, 9.17) is 0 Å². The molecule has 0 saturated heterocycles. The summed E-state index contributed by atoms with van der Waals surface area (Å²) in [5.41, 5.74) is 2.31. The molecule has 0 fully saturated rings. The van der Waals surface area contributed by atoms with E-state index in [0.29, 0.717) is 5.95 Å². The minimum atomic E-state index is -4.48. The van der Waals surface area contributed by atoms with Crippen molar-refractivity contribution in [3.8, 4) is 0 Å². The van der Waals surface area contributed by atoms with Crippen molar-refractivity contribution in [1.82, 2.24) is 9.97 Å². The van der Waals surface area contributed by atoms with Crippen LogP contribution in [0.15, 0.2) is 54.9 Å². The van der Waals surface area contributed by atoms with Crippen LogP contribution in [0.25, 0.3) is 0 Å². The molecule has 0 unspecified atom stereocenters. The molecule has 28 heavy (non-hydrogen) atoms. The number of carbonyl (C=O) groups excluding carboxylic acids is 1. The standard InChI is InChI=1S/C20H17F3N4O/c1-12-6-13(2)8-17(7-12)27-19-24-10-14(11-25-19)18(28)26-16-5-3-4-15(9-16)20(21,22)23/h3-11H,1-2H3,(H,26,28)(H,24,25,27). The van der Waals surface area contributed by atoms with Crippen molar-refractivity contribution in [3.63, 3.8) is 0 Å². The Morgan fingerprint density at radius 2 is 1.57 bits per heavy atom. The van der Waals surface area contributed by atoms with E-state index in [1.165, 1.54) is 24.5 Å². The Morgan fingerprint density at radius 3 is 2.18 bits per heavy atom. The molecule has 3 rings (SSSR count). The molecule has 1 amide bonds. The first-order valence-corrected chi connectivity index (χ1v) is 8.37. The number of amides is 1. The first-order valence-electron chi connectivity index (χ1n) is 8.37. The number of anilines is 3. The molecule has 0 aliphatic heterocycles. The number of rotatable bonds is 4. The fraction of sp³-hybridized carbons (Fsp3) is 0.150. The van der Waals surface area contributed by atoms with Crippen LogP contribution in [0, 0.1) is 13.8 Å². The molecule has 3 aromatic rings. The highest BCUT2D eigenvalue weighted by Crippen LogP contribution is 2.30. The van der Waals surface area contributed by atoms with Crippen LogP contribution in [-0.2, 0) is 6.18 Å². The van der Waals surface area contributed by atoms with Crippen molar-refractivity contribution < 1.29 is 18.0 Å². The van der Waals surface area contributed by atoms with Crippen LogP contribution in [0.1, 0.15) is 27.0 Å². The van der Waals surface area contributed by atoms with Gasteiger partial charge in [0.15, 0.2) is 0 Å². The van der Waals surface area contributed by atoms with E-state index in [-0.39, 0.29) is 11.3 Å². The van der Waals surface area contributed by atoms with Crippen molar-refractivity contribution >= 4 is 23.2 Å². The molecular formula is C20H17F3N4O. The molecule has 0 aliphatic rings. The van der Waals surface area contributed by atoms with Crippen molar-refractivity contribution in [2.45, 2.75) is 20.0 Å². The lowest BCUT2D eigenvalue weighted by Gasteiger charge is -2.10. The van der Waals surface area contributed by atoms with Crippen LogP contribution in [0.3, 0.4) is 0 Å². The van der Waals surface area contributed by atoms with Gasteiger partial charge >= 0.3 is 6.18 Å². The Hall–Kier alpha value is -3.42. The molecule has 5 nitrogen and oxygen atoms in total. The molecule has 144 valence electrons. The average Bonchev–Trinajstić information content (AvgIpc) is 2.61. The summed E-state index contributed by atoms with van der Waals surface area (Å²) < 4.78 is 38.3. The molecule has 1 heterocycles. The molecule has 2 N–H and O–H groups in total. The molecular weight excluding hydrogens is 369 g/mol. The third kappa shape index (κ3) is 4.85. The maximum Gasteiger partial charge on any atom is 0.416 e. The minimum Gasteiger partial charge on any atom is -0.324 e. The number of benzene rings is 2. The summed E-state index contributed by atoms with van der Waals surface area (Å²) in [7, 11) is 0. The Balaban J connectivity index is 1.70. The Morgan fingerprint density at radius 1 is 0.929 bits per heavy atom. The quantitative estimate of drug-likeness (QED) is 0.654. The Labute approximate surface area is 159 Å². The summed E-state index contributed by atoms with van der Waals surface area (Å²) in [5, 5.41) is 5.46. The third-order valence-electron chi connectivity index (χ3n) is 3.84. The predicted molar refractivity (Wildman–Crippen MR) is 101 cm³/mol. The molecule has 0 saturated carbocycles. The first-order chi connectivity index (χ1) is 13.2. The van der Waals surface area contributed by atoms with E-state index in [0.717, 1.165) is 28.9 Å². The predicted octanol–water partition coefficient (Wildman–Crippen LogP) is 5.11. The number of carbonyl (C=O) groups is 1. The summed E-state index contributed by atoms with van der Waals surface area (Å²) in [4.78, 5) is 20.4. The highest BCUT2D eigenvalue weighted by Gasteiger charge is 2.30. The van der Waals surface area contributed by atoms with Gasteiger partial charge in [0.2, 0.25) is 5.95 Å². The fourth-order valence-corrected chi connectivity index (χ4v) is 2.66. The van der Waals surface area contributed by atoms with Crippen molar-refractivity contribution in [2.24, 2.45) is 0 Å². The summed E-state index contributed by atoms with van der Waals surface area (Å²) in [6.45, 7) is 3.94. The smallest absolute Gasteiger partial charge is 0.324 e. The Bertz CT molecular complexity index is 981. The monoisotopic (exact) mass is 386 g/mol. The number of hydrogen-bond acceptors (Lipinski definition) is 4. The van der Waals surface area contributed by atoms with Gasteiger partial charge in [-0.2, -0.15) is 13.2 Å². The van der Waals surface area contributed by atoms with E-state index >= 15 is 0 Å². The summed E-state index contributed by atoms with van der Waals surface area (Å²) in [6.07, 6.45) is -1.87. The molecule has 0 radical (unpaired) electrons. The lowest BCUT2D eigenvalue weighted by atomic mass is 10.1. The van der Waals surface area contributed by atoms with Gasteiger partial charge in [0, 0.05) is 23.8 Å². The number of alkyl halides is 3. The van der Waals surface area contributed by atoms with Gasteiger partial charge in [-0.05, 0) is 55.3 Å². The van der Waals surface area contributed by atoms with Crippen LogP contribution < -0.4 is 10.6 Å². The lowest BCUT2D eigenvalue weighted by Crippen LogP contribution is -2.14. The van der Waals surface area contributed by atoms with E-state index < -0.39 is 17.6 Å². The number of aromatic nitrogens is 2. The van der Waals surface area contributed by atoms with E-state index in [1.807, 2.05) is 32.0 Å². The third-order valence-corrected chi connectivity index (χ3v) is 3.84.